The molecule has 1 N–H and O–H groups in total. The van der Waals surface area contributed by atoms with Gasteiger partial charge >= 0.3 is 0 Å². The van der Waals surface area contributed by atoms with Crippen LogP contribution in [0.5, 0.6) is 11.5 Å². The Labute approximate surface area is 182 Å². The molecule has 1 aliphatic rings. The number of halogens is 1. The second-order valence-corrected chi connectivity index (χ2v) is 8.53. The SMILES string of the molecule is Cc1sc2nc(-c3cccnc3)nc(NCCc3ccc4c(c3)OCCO4)c2c1Cl. The molecule has 0 unspecified atom stereocenters. The molecule has 30 heavy (non-hydrogen) atoms. The molecule has 0 saturated carbocycles. The number of nitrogens with one attached hydrogen (secondary N) is 1. The molecule has 0 fully saturated rings. The van der Waals surface area contributed by atoms with E-state index in [2.05, 4.69) is 16.4 Å². The highest BCUT2D eigenvalue weighted by Crippen LogP contribution is 2.38. The van der Waals surface area contributed by atoms with E-state index in [0.717, 1.165) is 50.0 Å². The zero-order chi connectivity index (χ0) is 20.5. The highest BCUT2D eigenvalue weighted by molar-refractivity contribution is 7.19. The lowest BCUT2D eigenvalue weighted by atomic mass is 10.1. The molecule has 6 nitrogen and oxygen atoms in total. The maximum atomic E-state index is 6.57. The van der Waals surface area contributed by atoms with Crippen molar-refractivity contribution in [3.63, 3.8) is 0 Å². The summed E-state index contributed by atoms with van der Waals surface area (Å²) in [6.45, 7) is 3.87. The smallest absolute Gasteiger partial charge is 0.164 e. The summed E-state index contributed by atoms with van der Waals surface area (Å²) in [5.41, 5.74) is 2.04. The van der Waals surface area contributed by atoms with Crippen molar-refractivity contribution in [3.05, 3.63) is 58.2 Å². The van der Waals surface area contributed by atoms with E-state index in [9.17, 15) is 0 Å². The summed E-state index contributed by atoms with van der Waals surface area (Å²) < 4.78 is 11.3. The van der Waals surface area contributed by atoms with Crippen LogP contribution >= 0.6 is 22.9 Å². The van der Waals surface area contributed by atoms with E-state index in [1.54, 1.807) is 23.7 Å². The summed E-state index contributed by atoms with van der Waals surface area (Å²) in [6, 6.07) is 9.90. The molecule has 0 saturated heterocycles. The van der Waals surface area contributed by atoms with Gasteiger partial charge in [0.25, 0.3) is 0 Å². The largest absolute Gasteiger partial charge is 0.486 e. The third kappa shape index (κ3) is 3.66. The number of fused-ring (bicyclic) bond motifs is 2. The summed E-state index contributed by atoms with van der Waals surface area (Å²) in [7, 11) is 0. The van der Waals surface area contributed by atoms with Crippen molar-refractivity contribution in [3.8, 4) is 22.9 Å². The molecule has 4 heterocycles. The maximum Gasteiger partial charge on any atom is 0.164 e. The van der Waals surface area contributed by atoms with Crippen molar-refractivity contribution in [2.75, 3.05) is 25.1 Å². The molecule has 1 aliphatic heterocycles. The van der Waals surface area contributed by atoms with Gasteiger partial charge in [0.2, 0.25) is 0 Å². The molecule has 8 heteroatoms. The Hall–Kier alpha value is -2.90. The molecule has 1 aromatic carbocycles. The van der Waals surface area contributed by atoms with Crippen LogP contribution in [0.1, 0.15) is 10.4 Å². The molecule has 0 atom stereocenters. The standard InChI is InChI=1S/C22H19ClN4O2S/c1-13-19(23)18-21(26-20(27-22(18)30-13)15-3-2-7-24-12-15)25-8-6-14-4-5-16-17(11-14)29-10-9-28-16/h2-5,7,11-12H,6,8-10H2,1H3,(H,25,26,27). The van der Waals surface area contributed by atoms with Crippen LogP contribution in [0.15, 0.2) is 42.7 Å². The highest BCUT2D eigenvalue weighted by atomic mass is 35.5. The number of aromatic nitrogens is 3. The number of hydrogen-bond acceptors (Lipinski definition) is 7. The fourth-order valence-electron chi connectivity index (χ4n) is 3.40. The van der Waals surface area contributed by atoms with Gasteiger partial charge in [-0.05, 0) is 43.2 Å². The molecule has 4 aromatic rings. The Balaban J connectivity index is 1.42. The van der Waals surface area contributed by atoms with Crippen LogP contribution < -0.4 is 14.8 Å². The molecule has 3 aromatic heterocycles. The molecule has 0 aliphatic carbocycles. The summed E-state index contributed by atoms with van der Waals surface area (Å²) >= 11 is 8.14. The fraction of sp³-hybridized carbons (Fsp3) is 0.227. The van der Waals surface area contributed by atoms with Crippen LogP contribution in [0, 0.1) is 6.92 Å². The van der Waals surface area contributed by atoms with E-state index in [1.165, 1.54) is 0 Å². The van der Waals surface area contributed by atoms with Gasteiger partial charge in [0, 0.05) is 29.4 Å². The Bertz CT molecular complexity index is 1210. The van der Waals surface area contributed by atoms with E-state index >= 15 is 0 Å². The average Bonchev–Trinajstić information content (AvgIpc) is 3.08. The number of pyridine rings is 1. The third-order valence-corrected chi connectivity index (χ3v) is 6.47. The molecular weight excluding hydrogens is 420 g/mol. The van der Waals surface area contributed by atoms with Crippen molar-refractivity contribution in [1.82, 2.24) is 15.0 Å². The lowest BCUT2D eigenvalue weighted by Gasteiger charge is -2.19. The average molecular weight is 439 g/mol. The molecule has 5 rings (SSSR count). The summed E-state index contributed by atoms with van der Waals surface area (Å²) in [5, 5.41) is 5.03. The number of benzene rings is 1. The van der Waals surface area contributed by atoms with Crippen molar-refractivity contribution in [1.29, 1.82) is 0 Å². The molecular formula is C22H19ClN4O2S. The second kappa shape index (κ2) is 8.08. The van der Waals surface area contributed by atoms with Crippen LogP contribution in [-0.4, -0.2) is 34.7 Å². The summed E-state index contributed by atoms with van der Waals surface area (Å²) in [6.07, 6.45) is 4.31. The number of rotatable bonds is 5. The quantitative estimate of drug-likeness (QED) is 0.465. The van der Waals surface area contributed by atoms with Crippen LogP contribution in [-0.2, 0) is 6.42 Å². The van der Waals surface area contributed by atoms with E-state index in [-0.39, 0.29) is 0 Å². The molecule has 0 radical (unpaired) electrons. The zero-order valence-electron chi connectivity index (χ0n) is 16.3. The molecule has 152 valence electrons. The monoisotopic (exact) mass is 438 g/mol. The summed E-state index contributed by atoms with van der Waals surface area (Å²) in [4.78, 5) is 15.6. The highest BCUT2D eigenvalue weighted by Gasteiger charge is 2.17. The minimum Gasteiger partial charge on any atom is -0.486 e. The minimum atomic E-state index is 0.584. The lowest BCUT2D eigenvalue weighted by molar-refractivity contribution is 0.171. The van der Waals surface area contributed by atoms with Crippen LogP contribution in [0.25, 0.3) is 21.6 Å². The first-order valence-corrected chi connectivity index (χ1v) is 10.9. The zero-order valence-corrected chi connectivity index (χ0v) is 17.9. The summed E-state index contributed by atoms with van der Waals surface area (Å²) in [5.74, 6) is 2.98. The van der Waals surface area contributed by atoms with Gasteiger partial charge in [0.1, 0.15) is 23.9 Å². The Morgan fingerprint density at radius 2 is 2.00 bits per heavy atom. The maximum absolute atomic E-state index is 6.57. The number of anilines is 1. The van der Waals surface area contributed by atoms with Crippen molar-refractivity contribution in [2.24, 2.45) is 0 Å². The van der Waals surface area contributed by atoms with Crippen LogP contribution in [0.3, 0.4) is 0 Å². The van der Waals surface area contributed by atoms with Crippen LogP contribution in [0.2, 0.25) is 5.02 Å². The lowest BCUT2D eigenvalue weighted by Crippen LogP contribution is -2.15. The Morgan fingerprint density at radius 1 is 1.13 bits per heavy atom. The second-order valence-electron chi connectivity index (χ2n) is 6.94. The minimum absolute atomic E-state index is 0.584. The number of ether oxygens (including phenoxy) is 2. The van der Waals surface area contributed by atoms with Crippen molar-refractivity contribution < 1.29 is 9.47 Å². The van der Waals surface area contributed by atoms with E-state index < -0.39 is 0 Å². The van der Waals surface area contributed by atoms with Gasteiger partial charge in [-0.3, -0.25) is 4.98 Å². The predicted molar refractivity (Wildman–Crippen MR) is 120 cm³/mol. The van der Waals surface area contributed by atoms with Gasteiger partial charge in [0.05, 0.1) is 10.4 Å². The number of aryl methyl sites for hydroxylation is 1. The Morgan fingerprint density at radius 3 is 2.83 bits per heavy atom. The molecule has 0 amide bonds. The van der Waals surface area contributed by atoms with Crippen LogP contribution in [0.4, 0.5) is 5.82 Å². The Kier molecular flexibility index (Phi) is 5.14. The first-order valence-electron chi connectivity index (χ1n) is 9.68. The van der Waals surface area contributed by atoms with E-state index in [0.29, 0.717) is 30.6 Å². The van der Waals surface area contributed by atoms with E-state index in [1.807, 2.05) is 31.2 Å². The van der Waals surface area contributed by atoms with Gasteiger partial charge in [-0.2, -0.15) is 0 Å². The first kappa shape index (κ1) is 19.1. The van der Waals surface area contributed by atoms with E-state index in [4.69, 9.17) is 31.0 Å². The first-order chi connectivity index (χ1) is 14.7. The van der Waals surface area contributed by atoms with Gasteiger partial charge in [0.15, 0.2) is 17.3 Å². The van der Waals surface area contributed by atoms with Gasteiger partial charge in [-0.25, -0.2) is 9.97 Å². The predicted octanol–water partition coefficient (Wildman–Crippen LogP) is 5.14. The topological polar surface area (TPSA) is 69.2 Å². The van der Waals surface area contributed by atoms with Gasteiger partial charge in [-0.1, -0.05) is 17.7 Å². The fourth-order valence-corrected chi connectivity index (χ4v) is 4.66. The third-order valence-electron chi connectivity index (χ3n) is 4.89. The van der Waals surface area contributed by atoms with Gasteiger partial charge in [-0.15, -0.1) is 11.3 Å². The molecule has 0 bridgehead atoms. The van der Waals surface area contributed by atoms with Crippen molar-refractivity contribution >= 4 is 39.0 Å². The van der Waals surface area contributed by atoms with Crippen molar-refractivity contribution in [2.45, 2.75) is 13.3 Å². The van der Waals surface area contributed by atoms with Gasteiger partial charge < -0.3 is 14.8 Å². The number of thiophene rings is 1. The number of nitrogens with zero attached hydrogens (tertiary/aromatic N) is 3. The number of hydrogen-bond donors (Lipinski definition) is 1. The molecule has 0 spiro atoms. The normalized spacial score (nSPS) is 12.9.